The number of benzene rings is 1. The van der Waals surface area contributed by atoms with Gasteiger partial charge in [-0.05, 0) is 24.6 Å². The smallest absolute Gasteiger partial charge is 0.236 e. The number of nitrogens with zero attached hydrogens (tertiary/aromatic N) is 3. The van der Waals surface area contributed by atoms with Crippen molar-refractivity contribution in [3.63, 3.8) is 0 Å². The van der Waals surface area contributed by atoms with Gasteiger partial charge in [0.05, 0.1) is 16.0 Å². The lowest BCUT2D eigenvalue weighted by Crippen LogP contribution is -2.13. The molecule has 0 aliphatic heterocycles. The first-order valence-corrected chi connectivity index (χ1v) is 7.88. The number of nitrogens with two attached hydrogens (primary N) is 1. The maximum atomic E-state index is 11.9. The van der Waals surface area contributed by atoms with Gasteiger partial charge in [-0.3, -0.25) is 4.79 Å². The summed E-state index contributed by atoms with van der Waals surface area (Å²) in [6.45, 7) is 2.02. The Labute approximate surface area is 128 Å². The molecule has 0 aliphatic rings. The minimum atomic E-state index is -0.154. The molecule has 0 bridgehead atoms. The molecular formula is C12H12N6OS2. The maximum Gasteiger partial charge on any atom is 0.236 e. The van der Waals surface area contributed by atoms with E-state index in [0.717, 1.165) is 10.2 Å². The van der Waals surface area contributed by atoms with Crippen molar-refractivity contribution in [3.05, 3.63) is 23.8 Å². The number of anilines is 2. The van der Waals surface area contributed by atoms with Gasteiger partial charge < -0.3 is 11.1 Å². The van der Waals surface area contributed by atoms with Crippen LogP contribution in [0, 0.1) is 6.92 Å². The number of fused-ring (bicyclic) bond motifs is 1. The van der Waals surface area contributed by atoms with E-state index >= 15 is 0 Å². The molecule has 7 nitrogen and oxygen atoms in total. The van der Waals surface area contributed by atoms with Crippen LogP contribution < -0.4 is 11.1 Å². The molecule has 3 aromatic rings. The van der Waals surface area contributed by atoms with Gasteiger partial charge in [0.2, 0.25) is 17.0 Å². The highest BCUT2D eigenvalue weighted by Gasteiger charge is 2.10. The Morgan fingerprint density at radius 3 is 3.10 bits per heavy atom. The second-order valence-electron chi connectivity index (χ2n) is 4.33. The number of nitrogen functional groups attached to an aromatic ring is 1. The first-order chi connectivity index (χ1) is 10.1. The van der Waals surface area contributed by atoms with E-state index in [0.29, 0.717) is 10.3 Å². The number of aryl methyl sites for hydroxylation is 1. The van der Waals surface area contributed by atoms with E-state index < -0.39 is 0 Å². The third kappa shape index (κ3) is 3.31. The predicted octanol–water partition coefficient (Wildman–Crippen LogP) is 2.04. The van der Waals surface area contributed by atoms with E-state index in [1.807, 2.05) is 25.1 Å². The van der Waals surface area contributed by atoms with Gasteiger partial charge in [-0.1, -0.05) is 29.2 Å². The topological polar surface area (TPSA) is 110 Å². The van der Waals surface area contributed by atoms with E-state index in [1.54, 1.807) is 0 Å². The standard InChI is InChI=1S/C12H12N6OS2/c1-6-2-3-7-8(4-6)21-11(14-7)15-9(19)5-20-12-16-10(13)17-18-12/h2-4H,5H2,1H3,(H,14,15,19)(H3,13,16,17,18). The molecule has 0 saturated carbocycles. The van der Waals surface area contributed by atoms with Crippen LogP contribution in [-0.4, -0.2) is 31.8 Å². The molecule has 4 N–H and O–H groups in total. The van der Waals surface area contributed by atoms with Gasteiger partial charge in [0.15, 0.2) is 5.13 Å². The monoisotopic (exact) mass is 320 g/mol. The molecule has 0 saturated heterocycles. The summed E-state index contributed by atoms with van der Waals surface area (Å²) in [5, 5.41) is 10.2. The van der Waals surface area contributed by atoms with Crippen molar-refractivity contribution in [2.75, 3.05) is 16.8 Å². The van der Waals surface area contributed by atoms with Crippen LogP contribution in [-0.2, 0) is 4.79 Å². The fourth-order valence-corrected chi connectivity index (χ4v) is 3.28. The molecule has 1 amide bonds. The molecule has 0 fully saturated rings. The zero-order chi connectivity index (χ0) is 14.8. The number of amides is 1. The zero-order valence-electron chi connectivity index (χ0n) is 11.1. The lowest BCUT2D eigenvalue weighted by molar-refractivity contribution is -0.113. The Morgan fingerprint density at radius 2 is 2.33 bits per heavy atom. The van der Waals surface area contributed by atoms with Crippen molar-refractivity contribution in [2.45, 2.75) is 12.1 Å². The Bertz CT molecular complexity index is 796. The molecule has 0 aliphatic carbocycles. The van der Waals surface area contributed by atoms with Gasteiger partial charge in [0.25, 0.3) is 0 Å². The van der Waals surface area contributed by atoms with Gasteiger partial charge in [-0.15, -0.1) is 5.10 Å². The average molecular weight is 320 g/mol. The van der Waals surface area contributed by atoms with Crippen molar-refractivity contribution >= 4 is 50.3 Å². The Morgan fingerprint density at radius 1 is 1.48 bits per heavy atom. The number of thiazole rings is 1. The number of hydrogen-bond acceptors (Lipinski definition) is 7. The third-order valence-corrected chi connectivity index (χ3v) is 4.39. The molecule has 0 radical (unpaired) electrons. The molecule has 0 unspecified atom stereocenters. The molecule has 9 heteroatoms. The summed E-state index contributed by atoms with van der Waals surface area (Å²) in [4.78, 5) is 20.2. The van der Waals surface area contributed by atoms with Crippen LogP contribution in [0.1, 0.15) is 5.56 Å². The normalized spacial score (nSPS) is 10.9. The van der Waals surface area contributed by atoms with E-state index in [2.05, 4.69) is 25.5 Å². The molecule has 3 rings (SSSR count). The number of aromatic nitrogens is 4. The summed E-state index contributed by atoms with van der Waals surface area (Å²) in [6, 6.07) is 5.99. The van der Waals surface area contributed by atoms with E-state index in [9.17, 15) is 4.79 Å². The van der Waals surface area contributed by atoms with Gasteiger partial charge >= 0.3 is 0 Å². The summed E-state index contributed by atoms with van der Waals surface area (Å²) in [7, 11) is 0. The van der Waals surface area contributed by atoms with Crippen LogP contribution in [0.5, 0.6) is 0 Å². The number of hydrogen-bond donors (Lipinski definition) is 3. The van der Waals surface area contributed by atoms with Crippen LogP contribution in [0.3, 0.4) is 0 Å². The lowest BCUT2D eigenvalue weighted by atomic mass is 10.2. The highest BCUT2D eigenvalue weighted by molar-refractivity contribution is 7.99. The summed E-state index contributed by atoms with van der Waals surface area (Å²) in [5.41, 5.74) is 7.47. The Kier molecular flexibility index (Phi) is 3.76. The number of carbonyl (C=O) groups excluding carboxylic acids is 1. The fraction of sp³-hybridized carbons (Fsp3) is 0.167. The Hall–Kier alpha value is -2.13. The van der Waals surface area contributed by atoms with Crippen molar-refractivity contribution in [2.24, 2.45) is 0 Å². The SMILES string of the molecule is Cc1ccc2nc(NC(=O)CSc3n[nH]c(N)n3)sc2c1. The molecular weight excluding hydrogens is 308 g/mol. The number of nitrogens with one attached hydrogen (secondary N) is 2. The van der Waals surface area contributed by atoms with Gasteiger partial charge in [-0.25, -0.2) is 10.1 Å². The molecule has 108 valence electrons. The minimum Gasteiger partial charge on any atom is -0.368 e. The summed E-state index contributed by atoms with van der Waals surface area (Å²) >= 11 is 2.67. The molecule has 1 aromatic carbocycles. The number of carbonyl (C=O) groups is 1. The van der Waals surface area contributed by atoms with Crippen molar-refractivity contribution in [1.29, 1.82) is 0 Å². The molecule has 0 spiro atoms. The fourth-order valence-electron chi connectivity index (χ4n) is 1.69. The maximum absolute atomic E-state index is 11.9. The second-order valence-corrected chi connectivity index (χ2v) is 6.30. The molecule has 21 heavy (non-hydrogen) atoms. The van der Waals surface area contributed by atoms with Crippen molar-refractivity contribution in [1.82, 2.24) is 20.2 Å². The zero-order valence-corrected chi connectivity index (χ0v) is 12.7. The molecule has 0 atom stereocenters. The molecule has 2 heterocycles. The number of H-pyrrole nitrogens is 1. The molecule has 2 aromatic heterocycles. The first kappa shape index (κ1) is 13.8. The van der Waals surface area contributed by atoms with Crippen LogP contribution in [0.25, 0.3) is 10.2 Å². The second kappa shape index (κ2) is 5.70. The summed E-state index contributed by atoms with van der Waals surface area (Å²) in [5.74, 6) is 0.283. The number of aromatic amines is 1. The van der Waals surface area contributed by atoms with Crippen LogP contribution >= 0.6 is 23.1 Å². The van der Waals surface area contributed by atoms with Gasteiger partial charge in [-0.2, -0.15) is 4.98 Å². The number of rotatable bonds is 4. The van der Waals surface area contributed by atoms with Crippen molar-refractivity contribution < 1.29 is 4.79 Å². The lowest BCUT2D eigenvalue weighted by Gasteiger charge is -1.98. The number of thioether (sulfide) groups is 1. The first-order valence-electron chi connectivity index (χ1n) is 6.08. The van der Waals surface area contributed by atoms with Crippen molar-refractivity contribution in [3.8, 4) is 0 Å². The summed E-state index contributed by atoms with van der Waals surface area (Å²) in [6.07, 6.45) is 0. The third-order valence-electron chi connectivity index (χ3n) is 2.60. The van der Waals surface area contributed by atoms with Gasteiger partial charge in [0, 0.05) is 0 Å². The Balaban J connectivity index is 1.63. The van der Waals surface area contributed by atoms with Crippen LogP contribution in [0.4, 0.5) is 11.1 Å². The quantitative estimate of drug-likeness (QED) is 0.635. The van der Waals surface area contributed by atoms with E-state index in [1.165, 1.54) is 28.7 Å². The van der Waals surface area contributed by atoms with E-state index in [-0.39, 0.29) is 17.6 Å². The summed E-state index contributed by atoms with van der Waals surface area (Å²) < 4.78 is 1.06. The van der Waals surface area contributed by atoms with E-state index in [4.69, 9.17) is 5.73 Å². The van der Waals surface area contributed by atoms with Crippen LogP contribution in [0.2, 0.25) is 0 Å². The van der Waals surface area contributed by atoms with Crippen LogP contribution in [0.15, 0.2) is 23.4 Å². The highest BCUT2D eigenvalue weighted by Crippen LogP contribution is 2.26. The average Bonchev–Trinajstić information content (AvgIpc) is 3.01. The van der Waals surface area contributed by atoms with Gasteiger partial charge in [0.1, 0.15) is 0 Å². The minimum absolute atomic E-state index is 0.154. The predicted molar refractivity (Wildman–Crippen MR) is 84.5 cm³/mol. The highest BCUT2D eigenvalue weighted by atomic mass is 32.2. The largest absolute Gasteiger partial charge is 0.368 e.